The van der Waals surface area contributed by atoms with Crippen molar-refractivity contribution in [2.24, 2.45) is 5.10 Å². The Morgan fingerprint density at radius 3 is 2.58 bits per heavy atom. The summed E-state index contributed by atoms with van der Waals surface area (Å²) in [6.45, 7) is 3.62. The molecule has 19 heavy (non-hydrogen) atoms. The van der Waals surface area contributed by atoms with Crippen LogP contribution in [0.4, 0.5) is 0 Å². The van der Waals surface area contributed by atoms with E-state index in [0.29, 0.717) is 25.0 Å². The van der Waals surface area contributed by atoms with Crippen LogP contribution in [0.3, 0.4) is 0 Å². The fraction of sp³-hybridized carbons (Fsp3) is 0.385. The number of nitrogens with zero attached hydrogens (tertiary/aromatic N) is 2. The first-order valence-corrected chi connectivity index (χ1v) is 7.42. The fourth-order valence-corrected chi connectivity index (χ4v) is 2.26. The molecule has 1 rings (SSSR count). The van der Waals surface area contributed by atoms with Gasteiger partial charge in [0.05, 0.1) is 11.0 Å². The molecule has 0 atom stereocenters. The van der Waals surface area contributed by atoms with Gasteiger partial charge < -0.3 is 0 Å². The molecule has 0 amide bonds. The molecular formula is C13H17N3O2S. The van der Waals surface area contributed by atoms with Crippen molar-refractivity contribution in [1.82, 2.24) is 4.83 Å². The highest BCUT2D eigenvalue weighted by Gasteiger charge is 2.12. The summed E-state index contributed by atoms with van der Waals surface area (Å²) >= 11 is 0. The van der Waals surface area contributed by atoms with E-state index in [4.69, 9.17) is 5.26 Å². The number of nitrogens with one attached hydrogen (secondary N) is 1. The van der Waals surface area contributed by atoms with Crippen LogP contribution in [0.25, 0.3) is 0 Å². The molecule has 0 aliphatic carbocycles. The number of rotatable bonds is 6. The smallest absolute Gasteiger partial charge is 0.200 e. The van der Waals surface area contributed by atoms with E-state index >= 15 is 0 Å². The minimum absolute atomic E-state index is 0.187. The third-order valence-corrected chi connectivity index (χ3v) is 3.74. The normalized spacial score (nSPS) is 11.9. The van der Waals surface area contributed by atoms with Gasteiger partial charge >= 0.3 is 0 Å². The van der Waals surface area contributed by atoms with Crippen molar-refractivity contribution in [3.63, 3.8) is 0 Å². The van der Waals surface area contributed by atoms with Crippen LogP contribution in [0.1, 0.15) is 31.7 Å². The van der Waals surface area contributed by atoms with Gasteiger partial charge in [-0.2, -0.15) is 18.8 Å². The van der Waals surface area contributed by atoms with Crippen LogP contribution < -0.4 is 4.83 Å². The van der Waals surface area contributed by atoms with E-state index in [-0.39, 0.29) is 4.90 Å². The molecule has 0 spiro atoms. The Balaban J connectivity index is 2.67. The first-order chi connectivity index (χ1) is 8.95. The van der Waals surface area contributed by atoms with E-state index in [2.05, 4.69) is 9.93 Å². The number of hydrazone groups is 1. The van der Waals surface area contributed by atoms with Crippen molar-refractivity contribution in [3.8, 4) is 6.07 Å². The monoisotopic (exact) mass is 279 g/mol. The topological polar surface area (TPSA) is 82.3 Å². The number of nitriles is 1. The third-order valence-electron chi connectivity index (χ3n) is 2.52. The highest BCUT2D eigenvalue weighted by Crippen LogP contribution is 2.09. The molecule has 102 valence electrons. The number of aryl methyl sites for hydroxylation is 1. The second kappa shape index (κ2) is 6.90. The van der Waals surface area contributed by atoms with Crippen LogP contribution in [0, 0.1) is 18.3 Å². The van der Waals surface area contributed by atoms with E-state index in [9.17, 15) is 8.42 Å². The van der Waals surface area contributed by atoms with Crippen LogP contribution >= 0.6 is 0 Å². The van der Waals surface area contributed by atoms with Gasteiger partial charge in [-0.05, 0) is 38.8 Å². The van der Waals surface area contributed by atoms with Gasteiger partial charge in [0.15, 0.2) is 0 Å². The lowest BCUT2D eigenvalue weighted by atomic mass is 10.2. The van der Waals surface area contributed by atoms with Crippen LogP contribution in [-0.4, -0.2) is 14.1 Å². The first kappa shape index (κ1) is 15.2. The molecular weight excluding hydrogens is 262 g/mol. The molecule has 0 saturated heterocycles. The standard InChI is InChI=1S/C13H17N3O2S/c1-11-6-8-13(9-7-11)19(17,18)16-15-12(2)5-3-4-10-14/h6-9,16H,3-5H2,1-2H3/b15-12+. The zero-order chi connectivity index (χ0) is 14.3. The molecule has 6 heteroatoms. The van der Waals surface area contributed by atoms with Crippen LogP contribution in [0.15, 0.2) is 34.3 Å². The molecule has 0 saturated carbocycles. The van der Waals surface area contributed by atoms with Gasteiger partial charge in [-0.3, -0.25) is 0 Å². The van der Waals surface area contributed by atoms with Gasteiger partial charge in [0.25, 0.3) is 10.0 Å². The predicted octanol–water partition coefficient (Wildman–Crippen LogP) is 2.34. The van der Waals surface area contributed by atoms with E-state index < -0.39 is 10.0 Å². The van der Waals surface area contributed by atoms with Crippen LogP contribution in [-0.2, 0) is 10.0 Å². The first-order valence-electron chi connectivity index (χ1n) is 5.94. The highest BCUT2D eigenvalue weighted by molar-refractivity contribution is 7.89. The van der Waals surface area contributed by atoms with E-state index in [1.807, 2.05) is 13.0 Å². The van der Waals surface area contributed by atoms with Gasteiger partial charge in [-0.1, -0.05) is 17.7 Å². The van der Waals surface area contributed by atoms with Crippen molar-refractivity contribution in [3.05, 3.63) is 29.8 Å². The second-order valence-corrected chi connectivity index (χ2v) is 5.93. The molecule has 1 aromatic carbocycles. The Morgan fingerprint density at radius 2 is 2.00 bits per heavy atom. The Kier molecular flexibility index (Phi) is 5.52. The maximum atomic E-state index is 11.9. The van der Waals surface area contributed by atoms with Crippen molar-refractivity contribution in [2.75, 3.05) is 0 Å². The summed E-state index contributed by atoms with van der Waals surface area (Å²) in [4.78, 5) is 2.39. The van der Waals surface area contributed by atoms with Crippen molar-refractivity contribution in [2.45, 2.75) is 38.0 Å². The van der Waals surface area contributed by atoms with Crippen LogP contribution in [0.2, 0.25) is 0 Å². The maximum Gasteiger partial charge on any atom is 0.276 e. The molecule has 0 aliphatic heterocycles. The average Bonchev–Trinajstić information content (AvgIpc) is 2.37. The quantitative estimate of drug-likeness (QED) is 0.493. The van der Waals surface area contributed by atoms with Gasteiger partial charge in [0.1, 0.15) is 0 Å². The molecule has 0 unspecified atom stereocenters. The minimum Gasteiger partial charge on any atom is -0.200 e. The molecule has 0 fully saturated rings. The predicted molar refractivity (Wildman–Crippen MR) is 74.1 cm³/mol. The van der Waals surface area contributed by atoms with E-state index in [1.165, 1.54) is 12.1 Å². The summed E-state index contributed by atoms with van der Waals surface area (Å²) in [6, 6.07) is 8.58. The van der Waals surface area contributed by atoms with Crippen molar-refractivity contribution < 1.29 is 8.42 Å². The SMILES string of the molecule is C/C(CCCC#N)=N\NS(=O)(=O)c1ccc(C)cc1. The number of unbranched alkanes of at least 4 members (excludes halogenated alkanes) is 1. The molecule has 0 radical (unpaired) electrons. The van der Waals surface area contributed by atoms with Crippen LogP contribution in [0.5, 0.6) is 0 Å². The average molecular weight is 279 g/mol. The zero-order valence-electron chi connectivity index (χ0n) is 11.0. The van der Waals surface area contributed by atoms with E-state index in [0.717, 1.165) is 5.56 Å². The lowest BCUT2D eigenvalue weighted by molar-refractivity contribution is 0.584. The summed E-state index contributed by atoms with van der Waals surface area (Å²) in [5.74, 6) is 0. The second-order valence-electron chi connectivity index (χ2n) is 4.27. The third kappa shape index (κ3) is 5.10. The summed E-state index contributed by atoms with van der Waals surface area (Å²) in [5.41, 5.74) is 1.65. The fourth-order valence-electron chi connectivity index (χ4n) is 1.39. The summed E-state index contributed by atoms with van der Waals surface area (Å²) in [6.07, 6.45) is 1.72. The summed E-state index contributed by atoms with van der Waals surface area (Å²) in [5, 5.41) is 12.2. The van der Waals surface area contributed by atoms with Gasteiger partial charge in [-0.25, -0.2) is 4.83 Å². The minimum atomic E-state index is -3.61. The van der Waals surface area contributed by atoms with E-state index in [1.54, 1.807) is 19.1 Å². The molecule has 0 aliphatic rings. The largest absolute Gasteiger partial charge is 0.276 e. The molecule has 0 heterocycles. The van der Waals surface area contributed by atoms with Gasteiger partial charge in [0.2, 0.25) is 0 Å². The zero-order valence-corrected chi connectivity index (χ0v) is 11.9. The molecule has 5 nitrogen and oxygen atoms in total. The Bertz CT molecular complexity index is 583. The number of hydrogen-bond acceptors (Lipinski definition) is 4. The van der Waals surface area contributed by atoms with Gasteiger partial charge in [0, 0.05) is 12.1 Å². The lowest BCUT2D eigenvalue weighted by Gasteiger charge is -2.05. The molecule has 1 N–H and O–H groups in total. The number of hydrogen-bond donors (Lipinski definition) is 1. The number of sulfonamides is 1. The van der Waals surface area contributed by atoms with Crippen molar-refractivity contribution in [1.29, 1.82) is 5.26 Å². The Morgan fingerprint density at radius 1 is 1.37 bits per heavy atom. The maximum absolute atomic E-state index is 11.9. The van der Waals surface area contributed by atoms with Crippen molar-refractivity contribution >= 4 is 15.7 Å². The highest BCUT2D eigenvalue weighted by atomic mass is 32.2. The summed E-state index contributed by atoms with van der Waals surface area (Å²) in [7, 11) is -3.61. The lowest BCUT2D eigenvalue weighted by Crippen LogP contribution is -2.19. The number of benzene rings is 1. The molecule has 0 aromatic heterocycles. The molecule has 0 bridgehead atoms. The molecule has 1 aromatic rings. The summed E-state index contributed by atoms with van der Waals surface area (Å²) < 4.78 is 23.8. The Labute approximate surface area is 114 Å². The Hall–Kier alpha value is -1.87. The van der Waals surface area contributed by atoms with Gasteiger partial charge in [-0.15, -0.1) is 0 Å².